The Hall–Kier alpha value is -2.89. The number of nitrogens with zero attached hydrogens (tertiary/aromatic N) is 1. The highest BCUT2D eigenvalue weighted by Crippen LogP contribution is 2.20. The number of hydrogen-bond donors (Lipinski definition) is 1. The minimum Gasteiger partial charge on any atom is -0.496 e. The van der Waals surface area contributed by atoms with Crippen molar-refractivity contribution in [1.82, 2.24) is 10.2 Å². The van der Waals surface area contributed by atoms with Gasteiger partial charge in [0.15, 0.2) is 0 Å². The maximum absolute atomic E-state index is 13.0. The summed E-state index contributed by atoms with van der Waals surface area (Å²) < 4.78 is 18.2. The van der Waals surface area contributed by atoms with E-state index in [2.05, 4.69) is 5.32 Å². The number of carbonyl (C=O) groups is 2. The molecule has 0 bridgehead atoms. The van der Waals surface area contributed by atoms with E-state index in [1.165, 1.54) is 12.1 Å². The van der Waals surface area contributed by atoms with Gasteiger partial charge in [0.1, 0.15) is 11.6 Å². The van der Waals surface area contributed by atoms with Gasteiger partial charge >= 0.3 is 0 Å². The van der Waals surface area contributed by atoms with Crippen molar-refractivity contribution >= 4 is 11.8 Å². The van der Waals surface area contributed by atoms with Crippen molar-refractivity contribution in [3.63, 3.8) is 0 Å². The molecule has 0 saturated carbocycles. The summed E-state index contributed by atoms with van der Waals surface area (Å²) in [5.41, 5.74) is 2.27. The summed E-state index contributed by atoms with van der Waals surface area (Å²) in [6.45, 7) is 2.73. The van der Waals surface area contributed by atoms with Gasteiger partial charge in [-0.05, 0) is 48.4 Å². The summed E-state index contributed by atoms with van der Waals surface area (Å²) in [5.74, 6) is 0.187. The molecule has 5 nitrogen and oxygen atoms in total. The molecule has 2 amide bonds. The van der Waals surface area contributed by atoms with Crippen LogP contribution in [-0.4, -0.2) is 36.4 Å². The summed E-state index contributed by atoms with van der Waals surface area (Å²) in [5, 5.41) is 2.91. The van der Waals surface area contributed by atoms with Crippen LogP contribution in [0.2, 0.25) is 0 Å². The number of nitrogens with one attached hydrogen (secondary N) is 1. The van der Waals surface area contributed by atoms with Gasteiger partial charge in [0.05, 0.1) is 13.2 Å². The van der Waals surface area contributed by atoms with Crippen LogP contribution in [0.15, 0.2) is 42.5 Å². The lowest BCUT2D eigenvalue weighted by Gasteiger charge is -2.17. The fourth-order valence-electron chi connectivity index (χ4n) is 3.12. The van der Waals surface area contributed by atoms with Gasteiger partial charge in [-0.1, -0.05) is 12.1 Å². The molecule has 1 aliphatic heterocycles. The first-order valence-corrected chi connectivity index (χ1v) is 8.44. The van der Waals surface area contributed by atoms with Crippen LogP contribution >= 0.6 is 0 Å². The molecular weight excluding hydrogens is 335 g/mol. The first kappa shape index (κ1) is 17.9. The van der Waals surface area contributed by atoms with E-state index in [1.54, 1.807) is 42.3 Å². The fraction of sp³-hybridized carbons (Fsp3) is 0.300. The van der Waals surface area contributed by atoms with Gasteiger partial charge in [-0.25, -0.2) is 4.39 Å². The van der Waals surface area contributed by atoms with Crippen molar-refractivity contribution in [3.05, 3.63) is 65.0 Å². The molecule has 0 aromatic heterocycles. The minimum atomic E-state index is -0.304. The Morgan fingerprint density at radius 2 is 2.00 bits per heavy atom. The largest absolute Gasteiger partial charge is 0.496 e. The van der Waals surface area contributed by atoms with Gasteiger partial charge in [0.25, 0.3) is 5.91 Å². The molecule has 6 heteroatoms. The standard InChI is InChI=1S/C20H21FN2O3/c1-13-9-15(5-8-18(13)26-2)20(25)22-17-10-19(24)23(12-17)11-14-3-6-16(21)7-4-14/h3-9,17H,10-12H2,1-2H3,(H,22,25). The molecule has 1 aliphatic rings. The third-order valence-electron chi connectivity index (χ3n) is 4.49. The lowest BCUT2D eigenvalue weighted by Crippen LogP contribution is -2.37. The molecule has 1 fully saturated rings. The van der Waals surface area contributed by atoms with Gasteiger partial charge in [-0.2, -0.15) is 0 Å². The molecule has 1 saturated heterocycles. The van der Waals surface area contributed by atoms with Crippen molar-refractivity contribution in [3.8, 4) is 5.75 Å². The predicted octanol–water partition coefficient (Wildman–Crippen LogP) is 2.67. The van der Waals surface area contributed by atoms with Crippen molar-refractivity contribution in [1.29, 1.82) is 0 Å². The highest BCUT2D eigenvalue weighted by molar-refractivity contribution is 5.95. The molecule has 1 N–H and O–H groups in total. The van der Waals surface area contributed by atoms with Gasteiger partial charge in [0.2, 0.25) is 5.91 Å². The Morgan fingerprint density at radius 3 is 2.65 bits per heavy atom. The molecular formula is C20H21FN2O3. The number of likely N-dealkylation sites (tertiary alicyclic amines) is 1. The van der Waals surface area contributed by atoms with Gasteiger partial charge < -0.3 is 15.0 Å². The van der Waals surface area contributed by atoms with E-state index in [4.69, 9.17) is 4.74 Å². The molecule has 3 rings (SSSR count). The maximum Gasteiger partial charge on any atom is 0.251 e. The van der Waals surface area contributed by atoms with E-state index in [1.807, 2.05) is 6.92 Å². The van der Waals surface area contributed by atoms with Crippen LogP contribution in [-0.2, 0) is 11.3 Å². The van der Waals surface area contributed by atoms with Crippen molar-refractivity contribution in [2.75, 3.05) is 13.7 Å². The van der Waals surface area contributed by atoms with E-state index in [9.17, 15) is 14.0 Å². The van der Waals surface area contributed by atoms with Crippen LogP contribution in [0.5, 0.6) is 5.75 Å². The van der Waals surface area contributed by atoms with Crippen LogP contribution < -0.4 is 10.1 Å². The second-order valence-corrected chi connectivity index (χ2v) is 6.46. The zero-order chi connectivity index (χ0) is 18.7. The van der Waals surface area contributed by atoms with Gasteiger partial charge in [0, 0.05) is 25.1 Å². The molecule has 2 aromatic carbocycles. The topological polar surface area (TPSA) is 58.6 Å². The molecule has 2 aromatic rings. The van der Waals surface area contributed by atoms with E-state index < -0.39 is 0 Å². The average molecular weight is 356 g/mol. The number of amides is 2. The first-order valence-electron chi connectivity index (χ1n) is 8.44. The minimum absolute atomic E-state index is 0.0227. The Balaban J connectivity index is 1.60. The number of aryl methyl sites for hydroxylation is 1. The van der Waals surface area contributed by atoms with Crippen LogP contribution in [0, 0.1) is 12.7 Å². The third kappa shape index (κ3) is 4.02. The predicted molar refractivity (Wildman–Crippen MR) is 95.4 cm³/mol. The van der Waals surface area contributed by atoms with Crippen LogP contribution in [0.1, 0.15) is 27.9 Å². The van der Waals surface area contributed by atoms with Gasteiger partial charge in [-0.15, -0.1) is 0 Å². The van der Waals surface area contributed by atoms with Crippen LogP contribution in [0.25, 0.3) is 0 Å². The normalized spacial score (nSPS) is 16.7. The summed E-state index contributed by atoms with van der Waals surface area (Å²) in [6, 6.07) is 11.1. The third-order valence-corrected chi connectivity index (χ3v) is 4.49. The second-order valence-electron chi connectivity index (χ2n) is 6.46. The zero-order valence-electron chi connectivity index (χ0n) is 14.8. The number of rotatable bonds is 5. The smallest absolute Gasteiger partial charge is 0.251 e. The molecule has 26 heavy (non-hydrogen) atoms. The van der Waals surface area contributed by atoms with Crippen LogP contribution in [0.3, 0.4) is 0 Å². The summed E-state index contributed by atoms with van der Waals surface area (Å²) in [7, 11) is 1.59. The number of hydrogen-bond acceptors (Lipinski definition) is 3. The Labute approximate surface area is 151 Å². The Bertz CT molecular complexity index is 820. The summed E-state index contributed by atoms with van der Waals surface area (Å²) in [6.07, 6.45) is 0.266. The lowest BCUT2D eigenvalue weighted by molar-refractivity contribution is -0.128. The first-order chi connectivity index (χ1) is 12.5. The molecule has 1 atom stereocenters. The molecule has 0 radical (unpaired) electrons. The summed E-state index contributed by atoms with van der Waals surface area (Å²) in [4.78, 5) is 26.3. The van der Waals surface area contributed by atoms with Crippen molar-refractivity contribution in [2.45, 2.75) is 25.9 Å². The van der Waals surface area contributed by atoms with Gasteiger partial charge in [-0.3, -0.25) is 9.59 Å². The van der Waals surface area contributed by atoms with Crippen LogP contribution in [0.4, 0.5) is 4.39 Å². The quantitative estimate of drug-likeness (QED) is 0.896. The maximum atomic E-state index is 13.0. The fourth-order valence-corrected chi connectivity index (χ4v) is 3.12. The number of ether oxygens (including phenoxy) is 1. The van der Waals surface area contributed by atoms with E-state index in [-0.39, 0.29) is 30.1 Å². The molecule has 136 valence electrons. The number of benzene rings is 2. The second kappa shape index (κ2) is 7.56. The highest BCUT2D eigenvalue weighted by Gasteiger charge is 2.30. The number of methoxy groups -OCH3 is 1. The van der Waals surface area contributed by atoms with E-state index >= 15 is 0 Å². The number of carbonyl (C=O) groups excluding carboxylic acids is 2. The Morgan fingerprint density at radius 1 is 1.27 bits per heavy atom. The number of halogens is 1. The van der Waals surface area contributed by atoms with Crippen molar-refractivity contribution < 1.29 is 18.7 Å². The van der Waals surface area contributed by atoms with E-state index in [0.717, 1.165) is 16.9 Å². The highest BCUT2D eigenvalue weighted by atomic mass is 19.1. The lowest BCUT2D eigenvalue weighted by atomic mass is 10.1. The molecule has 1 unspecified atom stereocenters. The molecule has 0 spiro atoms. The Kier molecular flexibility index (Phi) is 5.21. The molecule has 1 heterocycles. The van der Waals surface area contributed by atoms with Crippen molar-refractivity contribution in [2.24, 2.45) is 0 Å². The van der Waals surface area contributed by atoms with E-state index in [0.29, 0.717) is 18.7 Å². The monoisotopic (exact) mass is 356 g/mol. The SMILES string of the molecule is COc1ccc(C(=O)NC2CC(=O)N(Cc3ccc(F)cc3)C2)cc1C. The average Bonchev–Trinajstić information content (AvgIpc) is 2.96. The zero-order valence-corrected chi connectivity index (χ0v) is 14.8. The summed E-state index contributed by atoms with van der Waals surface area (Å²) >= 11 is 0. The molecule has 0 aliphatic carbocycles.